The Morgan fingerprint density at radius 2 is 2.31 bits per heavy atom. The number of methoxy groups -OCH3 is 1. The van der Waals surface area contributed by atoms with Gasteiger partial charge in [-0.15, -0.1) is 0 Å². The van der Waals surface area contributed by atoms with Crippen molar-refractivity contribution in [2.45, 2.75) is 39.2 Å². The van der Waals surface area contributed by atoms with E-state index in [-0.39, 0.29) is 23.3 Å². The minimum Gasteiger partial charge on any atom is -0.383 e. The topological polar surface area (TPSA) is 64.3 Å². The van der Waals surface area contributed by atoms with Crippen LogP contribution in [0, 0.1) is 11.3 Å². The average Bonchev–Trinajstić information content (AvgIpc) is 2.57. The summed E-state index contributed by atoms with van der Waals surface area (Å²) in [5, 5.41) is 2.98. The fourth-order valence-corrected chi connectivity index (χ4v) is 2.48. The van der Waals surface area contributed by atoms with Crippen LogP contribution in [0.15, 0.2) is 0 Å². The Bertz CT molecular complexity index is 241. The van der Waals surface area contributed by atoms with Gasteiger partial charge in [-0.25, -0.2) is 0 Å². The molecule has 1 aliphatic rings. The van der Waals surface area contributed by atoms with Gasteiger partial charge in [-0.05, 0) is 18.3 Å². The van der Waals surface area contributed by atoms with E-state index in [1.165, 1.54) is 0 Å². The monoisotopic (exact) mass is 228 g/mol. The number of amides is 1. The zero-order valence-electron chi connectivity index (χ0n) is 10.6. The molecule has 4 nitrogen and oxygen atoms in total. The summed E-state index contributed by atoms with van der Waals surface area (Å²) in [7, 11) is 1.62. The summed E-state index contributed by atoms with van der Waals surface area (Å²) in [4.78, 5) is 12.1. The van der Waals surface area contributed by atoms with E-state index >= 15 is 0 Å². The molecule has 1 fully saturated rings. The standard InChI is InChI=1S/C12H24N2O2/c1-12(2)6-4-5-10(12)11(15)14-9(7-13)8-16-3/h9-10H,4-8,13H2,1-3H3,(H,14,15). The van der Waals surface area contributed by atoms with Crippen LogP contribution in [-0.2, 0) is 9.53 Å². The van der Waals surface area contributed by atoms with Crippen LogP contribution in [0.3, 0.4) is 0 Å². The third-order valence-electron chi connectivity index (χ3n) is 3.57. The van der Waals surface area contributed by atoms with Gasteiger partial charge in [0.05, 0.1) is 12.6 Å². The first-order chi connectivity index (χ1) is 7.51. The van der Waals surface area contributed by atoms with Gasteiger partial charge in [0.15, 0.2) is 0 Å². The van der Waals surface area contributed by atoms with Gasteiger partial charge in [0, 0.05) is 19.6 Å². The smallest absolute Gasteiger partial charge is 0.223 e. The normalized spacial score (nSPS) is 25.4. The molecule has 1 aliphatic carbocycles. The van der Waals surface area contributed by atoms with Crippen molar-refractivity contribution in [2.75, 3.05) is 20.3 Å². The van der Waals surface area contributed by atoms with Crippen LogP contribution >= 0.6 is 0 Å². The number of carbonyl (C=O) groups excluding carboxylic acids is 1. The van der Waals surface area contributed by atoms with Crippen LogP contribution in [0.2, 0.25) is 0 Å². The number of nitrogens with two attached hydrogens (primary N) is 1. The first kappa shape index (κ1) is 13.5. The second-order valence-corrected chi connectivity index (χ2v) is 5.33. The maximum absolute atomic E-state index is 12.1. The number of hydrogen-bond acceptors (Lipinski definition) is 3. The van der Waals surface area contributed by atoms with E-state index in [9.17, 15) is 4.79 Å². The number of nitrogens with one attached hydrogen (secondary N) is 1. The number of hydrogen-bond donors (Lipinski definition) is 2. The molecule has 2 unspecified atom stereocenters. The molecule has 0 aromatic rings. The van der Waals surface area contributed by atoms with Crippen LogP contribution in [0.25, 0.3) is 0 Å². The van der Waals surface area contributed by atoms with E-state index in [0.29, 0.717) is 13.2 Å². The molecule has 1 amide bonds. The predicted octanol–water partition coefficient (Wildman–Crippen LogP) is 0.903. The van der Waals surface area contributed by atoms with Crippen molar-refractivity contribution in [3.05, 3.63) is 0 Å². The Morgan fingerprint density at radius 1 is 1.62 bits per heavy atom. The molecule has 0 spiro atoms. The summed E-state index contributed by atoms with van der Waals surface area (Å²) in [5.41, 5.74) is 5.70. The van der Waals surface area contributed by atoms with Crippen molar-refractivity contribution in [1.29, 1.82) is 0 Å². The molecule has 1 rings (SSSR count). The summed E-state index contributed by atoms with van der Waals surface area (Å²) >= 11 is 0. The average molecular weight is 228 g/mol. The van der Waals surface area contributed by atoms with E-state index in [2.05, 4.69) is 19.2 Å². The molecule has 0 saturated heterocycles. The second kappa shape index (κ2) is 5.64. The molecule has 4 heteroatoms. The number of rotatable bonds is 5. The summed E-state index contributed by atoms with van der Waals surface area (Å²) in [6.45, 7) is 5.23. The van der Waals surface area contributed by atoms with Crippen molar-refractivity contribution in [3.8, 4) is 0 Å². The van der Waals surface area contributed by atoms with E-state index in [4.69, 9.17) is 10.5 Å². The lowest BCUT2D eigenvalue weighted by atomic mass is 9.81. The van der Waals surface area contributed by atoms with Crippen LogP contribution < -0.4 is 11.1 Å². The number of carbonyl (C=O) groups is 1. The van der Waals surface area contributed by atoms with Gasteiger partial charge in [0.25, 0.3) is 0 Å². The molecular weight excluding hydrogens is 204 g/mol. The second-order valence-electron chi connectivity index (χ2n) is 5.33. The van der Waals surface area contributed by atoms with Gasteiger partial charge < -0.3 is 15.8 Å². The summed E-state index contributed by atoms with van der Waals surface area (Å²) in [6.07, 6.45) is 3.26. The van der Waals surface area contributed by atoms with Crippen molar-refractivity contribution in [3.63, 3.8) is 0 Å². The zero-order chi connectivity index (χ0) is 12.2. The summed E-state index contributed by atoms with van der Waals surface area (Å²) in [6, 6.07) is -0.0612. The maximum Gasteiger partial charge on any atom is 0.223 e. The van der Waals surface area contributed by atoms with Crippen LogP contribution in [0.4, 0.5) is 0 Å². The fourth-order valence-electron chi connectivity index (χ4n) is 2.48. The molecule has 0 radical (unpaired) electrons. The van der Waals surface area contributed by atoms with Gasteiger partial charge in [-0.1, -0.05) is 20.3 Å². The van der Waals surface area contributed by atoms with Crippen molar-refractivity contribution >= 4 is 5.91 Å². The first-order valence-corrected chi connectivity index (χ1v) is 6.00. The SMILES string of the molecule is COCC(CN)NC(=O)C1CCCC1(C)C. The molecule has 0 aliphatic heterocycles. The Labute approximate surface area is 97.9 Å². The molecule has 1 saturated carbocycles. The van der Waals surface area contributed by atoms with Gasteiger partial charge >= 0.3 is 0 Å². The molecule has 94 valence electrons. The highest BCUT2D eigenvalue weighted by molar-refractivity contribution is 5.80. The molecule has 16 heavy (non-hydrogen) atoms. The van der Waals surface area contributed by atoms with Gasteiger partial charge in [-0.2, -0.15) is 0 Å². The van der Waals surface area contributed by atoms with Gasteiger partial charge in [0.1, 0.15) is 0 Å². The van der Waals surface area contributed by atoms with E-state index < -0.39 is 0 Å². The highest BCUT2D eigenvalue weighted by atomic mass is 16.5. The van der Waals surface area contributed by atoms with E-state index in [1.54, 1.807) is 7.11 Å². The minimum atomic E-state index is -0.0612. The summed E-state index contributed by atoms with van der Waals surface area (Å²) in [5.74, 6) is 0.258. The Balaban J connectivity index is 2.51. The lowest BCUT2D eigenvalue weighted by Gasteiger charge is -2.27. The minimum absolute atomic E-state index is 0.0612. The van der Waals surface area contributed by atoms with Crippen LogP contribution in [-0.4, -0.2) is 32.2 Å². The Hall–Kier alpha value is -0.610. The molecule has 2 atom stereocenters. The third kappa shape index (κ3) is 3.19. The van der Waals surface area contributed by atoms with Crippen molar-refractivity contribution in [1.82, 2.24) is 5.32 Å². The van der Waals surface area contributed by atoms with E-state index in [0.717, 1.165) is 19.3 Å². The molecule has 3 N–H and O–H groups in total. The molecule has 0 aromatic heterocycles. The lowest BCUT2D eigenvalue weighted by Crippen LogP contribution is -2.47. The quantitative estimate of drug-likeness (QED) is 0.735. The van der Waals surface area contributed by atoms with E-state index in [1.807, 2.05) is 0 Å². The molecule has 0 bridgehead atoms. The highest BCUT2D eigenvalue weighted by Crippen LogP contribution is 2.42. The number of ether oxygens (including phenoxy) is 1. The third-order valence-corrected chi connectivity index (χ3v) is 3.57. The molecular formula is C12H24N2O2. The molecule has 0 aromatic carbocycles. The highest BCUT2D eigenvalue weighted by Gasteiger charge is 2.39. The van der Waals surface area contributed by atoms with Crippen LogP contribution in [0.5, 0.6) is 0 Å². The summed E-state index contributed by atoms with van der Waals surface area (Å²) < 4.78 is 5.02. The largest absolute Gasteiger partial charge is 0.383 e. The maximum atomic E-state index is 12.1. The zero-order valence-corrected chi connectivity index (χ0v) is 10.6. The Kier molecular flexibility index (Phi) is 4.74. The first-order valence-electron chi connectivity index (χ1n) is 6.00. The molecule has 0 heterocycles. The van der Waals surface area contributed by atoms with Crippen molar-refractivity contribution < 1.29 is 9.53 Å². The Morgan fingerprint density at radius 3 is 2.75 bits per heavy atom. The fraction of sp³-hybridized carbons (Fsp3) is 0.917. The van der Waals surface area contributed by atoms with Crippen LogP contribution in [0.1, 0.15) is 33.1 Å². The van der Waals surface area contributed by atoms with Gasteiger partial charge in [0.2, 0.25) is 5.91 Å². The van der Waals surface area contributed by atoms with Gasteiger partial charge in [-0.3, -0.25) is 4.79 Å². The predicted molar refractivity (Wildman–Crippen MR) is 64.0 cm³/mol. The van der Waals surface area contributed by atoms with Crippen molar-refractivity contribution in [2.24, 2.45) is 17.1 Å². The lowest BCUT2D eigenvalue weighted by molar-refractivity contribution is -0.128.